The summed E-state index contributed by atoms with van der Waals surface area (Å²) in [4.78, 5) is 24.2. The first-order valence-electron chi connectivity index (χ1n) is 7.98. The number of benzene rings is 2. The zero-order chi connectivity index (χ0) is 18.1. The second kappa shape index (κ2) is 6.90. The van der Waals surface area contributed by atoms with Crippen LogP contribution in [0.4, 0.5) is 0 Å². The number of aromatic nitrogens is 3. The maximum Gasteiger partial charge on any atom is 0.167 e. The molecule has 0 amide bonds. The summed E-state index contributed by atoms with van der Waals surface area (Å²) < 4.78 is 0. The third kappa shape index (κ3) is 3.34. The highest BCUT2D eigenvalue weighted by Gasteiger charge is 2.13. The lowest BCUT2D eigenvalue weighted by molar-refractivity contribution is 0.0993. The van der Waals surface area contributed by atoms with Crippen molar-refractivity contribution in [2.75, 3.05) is 0 Å². The van der Waals surface area contributed by atoms with Crippen LogP contribution in [0.3, 0.4) is 0 Å². The highest BCUT2D eigenvalue weighted by Crippen LogP contribution is 2.29. The largest absolute Gasteiger partial charge is 0.338 e. The minimum Gasteiger partial charge on any atom is -0.338 e. The highest BCUT2D eigenvalue weighted by molar-refractivity contribution is 6.33. The Bertz CT molecular complexity index is 1090. The standard InChI is InChI=1S/C20H13Cl2N3O/c21-15-6-5-12(10-18(26)13-7-8-23-19(22)11-13)9-14(15)20-24-16-3-1-2-4-17(16)25-20/h1-9,11H,10H2,(H,24,25). The van der Waals surface area contributed by atoms with Crippen LogP contribution < -0.4 is 0 Å². The van der Waals surface area contributed by atoms with E-state index in [0.29, 0.717) is 21.6 Å². The number of para-hydroxylation sites is 2. The number of rotatable bonds is 4. The molecule has 2 aromatic carbocycles. The van der Waals surface area contributed by atoms with E-state index in [1.54, 1.807) is 18.2 Å². The van der Waals surface area contributed by atoms with Crippen LogP contribution in [0, 0.1) is 0 Å². The molecule has 0 bridgehead atoms. The second-order valence-electron chi connectivity index (χ2n) is 5.88. The molecule has 0 spiro atoms. The van der Waals surface area contributed by atoms with Gasteiger partial charge in [0, 0.05) is 23.7 Å². The van der Waals surface area contributed by atoms with Gasteiger partial charge in [-0.05, 0) is 42.0 Å². The van der Waals surface area contributed by atoms with E-state index >= 15 is 0 Å². The molecule has 26 heavy (non-hydrogen) atoms. The number of ketones is 1. The van der Waals surface area contributed by atoms with Crippen LogP contribution in [-0.2, 0) is 6.42 Å². The molecule has 1 N–H and O–H groups in total. The third-order valence-electron chi connectivity index (χ3n) is 4.09. The smallest absolute Gasteiger partial charge is 0.167 e. The van der Waals surface area contributed by atoms with Crippen LogP contribution in [0.15, 0.2) is 60.8 Å². The van der Waals surface area contributed by atoms with Crippen LogP contribution >= 0.6 is 23.2 Å². The number of imidazole rings is 1. The van der Waals surface area contributed by atoms with Crippen molar-refractivity contribution in [2.45, 2.75) is 6.42 Å². The molecule has 128 valence electrons. The van der Waals surface area contributed by atoms with E-state index in [0.717, 1.165) is 22.2 Å². The lowest BCUT2D eigenvalue weighted by Crippen LogP contribution is -2.04. The van der Waals surface area contributed by atoms with Crippen molar-refractivity contribution in [3.05, 3.63) is 82.1 Å². The SMILES string of the molecule is O=C(Cc1ccc(Cl)c(-c2nc3ccccc3[nH]2)c1)c1ccnc(Cl)c1. The number of Topliss-reactive ketones (excluding diaryl/α,β-unsaturated/α-hetero) is 1. The summed E-state index contributed by atoms with van der Waals surface area (Å²) in [5, 5.41) is 0.877. The van der Waals surface area contributed by atoms with Gasteiger partial charge in [0.15, 0.2) is 5.78 Å². The first-order chi connectivity index (χ1) is 12.6. The number of pyridine rings is 1. The van der Waals surface area contributed by atoms with Crippen molar-refractivity contribution < 1.29 is 4.79 Å². The molecule has 4 rings (SSSR count). The fraction of sp³-hybridized carbons (Fsp3) is 0.0500. The molecule has 0 aliphatic carbocycles. The van der Waals surface area contributed by atoms with Crippen molar-refractivity contribution in [1.29, 1.82) is 0 Å². The van der Waals surface area contributed by atoms with Gasteiger partial charge >= 0.3 is 0 Å². The van der Waals surface area contributed by atoms with Gasteiger partial charge in [0.2, 0.25) is 0 Å². The molecule has 0 radical (unpaired) electrons. The molecule has 0 saturated heterocycles. The molecule has 6 heteroatoms. The number of nitrogens with zero attached hydrogens (tertiary/aromatic N) is 2. The summed E-state index contributed by atoms with van der Waals surface area (Å²) in [6, 6.07) is 16.5. The van der Waals surface area contributed by atoms with E-state index < -0.39 is 0 Å². The Kier molecular flexibility index (Phi) is 4.45. The maximum absolute atomic E-state index is 12.5. The summed E-state index contributed by atoms with van der Waals surface area (Å²) in [6.45, 7) is 0. The first-order valence-corrected chi connectivity index (χ1v) is 8.74. The number of H-pyrrole nitrogens is 1. The molecule has 0 atom stereocenters. The number of aromatic amines is 1. The van der Waals surface area contributed by atoms with Gasteiger partial charge in [-0.2, -0.15) is 0 Å². The summed E-state index contributed by atoms with van der Waals surface area (Å²) in [5.74, 6) is 0.643. The lowest BCUT2D eigenvalue weighted by Gasteiger charge is -2.06. The summed E-state index contributed by atoms with van der Waals surface area (Å²) in [6.07, 6.45) is 1.77. The molecule has 4 nitrogen and oxygen atoms in total. The van der Waals surface area contributed by atoms with Gasteiger partial charge in [0.05, 0.1) is 16.1 Å². The topological polar surface area (TPSA) is 58.6 Å². The van der Waals surface area contributed by atoms with Crippen molar-refractivity contribution >= 4 is 40.0 Å². The lowest BCUT2D eigenvalue weighted by atomic mass is 10.0. The molecular formula is C20H13Cl2N3O. The molecule has 0 unspecified atom stereocenters. The van der Waals surface area contributed by atoms with Crippen molar-refractivity contribution in [3.63, 3.8) is 0 Å². The molecule has 2 aromatic heterocycles. The Hall–Kier alpha value is -2.69. The number of hydrogen-bond donors (Lipinski definition) is 1. The van der Waals surface area contributed by atoms with Gasteiger partial charge in [-0.25, -0.2) is 9.97 Å². The van der Waals surface area contributed by atoms with E-state index in [9.17, 15) is 4.79 Å². The van der Waals surface area contributed by atoms with Gasteiger partial charge in [-0.3, -0.25) is 4.79 Å². The minimum atomic E-state index is -0.0350. The van der Waals surface area contributed by atoms with Gasteiger partial charge in [-0.15, -0.1) is 0 Å². The average Bonchev–Trinajstić information content (AvgIpc) is 3.07. The number of fused-ring (bicyclic) bond motifs is 1. The van der Waals surface area contributed by atoms with E-state index in [-0.39, 0.29) is 12.2 Å². The van der Waals surface area contributed by atoms with Gasteiger partial charge in [0.1, 0.15) is 11.0 Å². The van der Waals surface area contributed by atoms with Crippen LogP contribution in [-0.4, -0.2) is 20.7 Å². The van der Waals surface area contributed by atoms with E-state index in [4.69, 9.17) is 23.2 Å². The number of hydrogen-bond acceptors (Lipinski definition) is 3. The normalized spacial score (nSPS) is 11.0. The Morgan fingerprint density at radius 2 is 1.88 bits per heavy atom. The Balaban J connectivity index is 1.67. The van der Waals surface area contributed by atoms with Crippen LogP contribution in [0.1, 0.15) is 15.9 Å². The Labute approximate surface area is 159 Å². The zero-order valence-electron chi connectivity index (χ0n) is 13.5. The minimum absolute atomic E-state index is 0.0350. The van der Waals surface area contributed by atoms with Crippen LogP contribution in [0.5, 0.6) is 0 Å². The molecule has 2 heterocycles. The predicted molar refractivity (Wildman–Crippen MR) is 104 cm³/mol. The molecule has 0 aliphatic rings. The Morgan fingerprint density at radius 1 is 1.04 bits per heavy atom. The number of carbonyl (C=O) groups excluding carboxylic acids is 1. The second-order valence-corrected chi connectivity index (χ2v) is 6.68. The van der Waals surface area contributed by atoms with Crippen molar-refractivity contribution in [1.82, 2.24) is 15.0 Å². The summed E-state index contributed by atoms with van der Waals surface area (Å²) in [7, 11) is 0. The maximum atomic E-state index is 12.5. The molecule has 4 aromatic rings. The predicted octanol–water partition coefficient (Wildman–Crippen LogP) is 5.36. The summed E-state index contributed by atoms with van der Waals surface area (Å²) in [5.41, 5.74) is 3.95. The number of carbonyl (C=O) groups is 1. The number of halogens is 2. The fourth-order valence-corrected chi connectivity index (χ4v) is 3.19. The van der Waals surface area contributed by atoms with Crippen molar-refractivity contribution in [3.8, 4) is 11.4 Å². The Morgan fingerprint density at radius 3 is 2.69 bits per heavy atom. The van der Waals surface area contributed by atoms with E-state index in [2.05, 4.69) is 15.0 Å². The summed E-state index contributed by atoms with van der Waals surface area (Å²) >= 11 is 12.2. The first kappa shape index (κ1) is 16.8. The van der Waals surface area contributed by atoms with Crippen LogP contribution in [0.25, 0.3) is 22.4 Å². The average molecular weight is 382 g/mol. The molecule has 0 fully saturated rings. The molecule has 0 aliphatic heterocycles. The number of nitrogens with one attached hydrogen (secondary N) is 1. The quantitative estimate of drug-likeness (QED) is 0.382. The zero-order valence-corrected chi connectivity index (χ0v) is 15.1. The van der Waals surface area contributed by atoms with Gasteiger partial charge in [0.25, 0.3) is 0 Å². The highest BCUT2D eigenvalue weighted by atomic mass is 35.5. The fourth-order valence-electron chi connectivity index (χ4n) is 2.81. The van der Waals surface area contributed by atoms with E-state index in [1.165, 1.54) is 6.20 Å². The molecule has 0 saturated carbocycles. The van der Waals surface area contributed by atoms with Gasteiger partial charge in [-0.1, -0.05) is 41.4 Å². The van der Waals surface area contributed by atoms with Gasteiger partial charge < -0.3 is 4.98 Å². The third-order valence-corrected chi connectivity index (χ3v) is 4.62. The monoisotopic (exact) mass is 381 g/mol. The molecular weight excluding hydrogens is 369 g/mol. The van der Waals surface area contributed by atoms with Crippen molar-refractivity contribution in [2.24, 2.45) is 0 Å². The van der Waals surface area contributed by atoms with Crippen LogP contribution in [0.2, 0.25) is 10.2 Å². The van der Waals surface area contributed by atoms with E-state index in [1.807, 2.05) is 36.4 Å².